The Morgan fingerprint density at radius 1 is 1.30 bits per heavy atom. The Hall–Kier alpha value is -1.02. The number of hydrogen-bond acceptors (Lipinski definition) is 5. The van der Waals surface area contributed by atoms with Crippen LogP contribution in [0.1, 0.15) is 25.3 Å². The van der Waals surface area contributed by atoms with E-state index in [4.69, 9.17) is 4.74 Å². The van der Waals surface area contributed by atoms with Gasteiger partial charge in [-0.25, -0.2) is 18.1 Å². The van der Waals surface area contributed by atoms with Crippen molar-refractivity contribution >= 4 is 10.0 Å². The van der Waals surface area contributed by atoms with Crippen LogP contribution >= 0.6 is 0 Å². The number of ether oxygens (including phenoxy) is 1. The zero-order valence-electron chi connectivity index (χ0n) is 12.1. The van der Waals surface area contributed by atoms with Crippen LogP contribution in [0.3, 0.4) is 0 Å². The highest BCUT2D eigenvalue weighted by atomic mass is 32.2. The molecule has 20 heavy (non-hydrogen) atoms. The van der Waals surface area contributed by atoms with Crippen molar-refractivity contribution in [1.29, 1.82) is 0 Å². The summed E-state index contributed by atoms with van der Waals surface area (Å²) >= 11 is 0. The molecule has 0 aliphatic rings. The van der Waals surface area contributed by atoms with Gasteiger partial charge in [-0.15, -0.1) is 0 Å². The Kier molecular flexibility index (Phi) is 7.68. The molecule has 2 N–H and O–H groups in total. The summed E-state index contributed by atoms with van der Waals surface area (Å²) in [5.74, 6) is 0. The maximum Gasteiger partial charge on any atom is 0.258 e. The number of nitrogens with zero attached hydrogens (tertiary/aromatic N) is 1. The molecule has 0 saturated heterocycles. The molecular formula is C13H23N3O3S. The summed E-state index contributed by atoms with van der Waals surface area (Å²) in [7, 11) is -1.72. The van der Waals surface area contributed by atoms with Crippen LogP contribution in [0.25, 0.3) is 0 Å². The van der Waals surface area contributed by atoms with E-state index in [1.807, 2.05) is 7.05 Å². The molecule has 0 amide bonds. The first-order valence-corrected chi connectivity index (χ1v) is 8.25. The molecule has 7 heteroatoms. The molecule has 0 spiro atoms. The van der Waals surface area contributed by atoms with Crippen molar-refractivity contribution in [2.24, 2.45) is 0 Å². The third kappa shape index (κ3) is 5.96. The van der Waals surface area contributed by atoms with Gasteiger partial charge >= 0.3 is 0 Å². The second kappa shape index (κ2) is 9.02. The molecule has 1 rings (SSSR count). The summed E-state index contributed by atoms with van der Waals surface area (Å²) in [5, 5.41) is 3.01. The van der Waals surface area contributed by atoms with Crippen molar-refractivity contribution in [3.05, 3.63) is 23.9 Å². The van der Waals surface area contributed by atoms with Gasteiger partial charge in [0.05, 0.1) is 6.61 Å². The van der Waals surface area contributed by atoms with E-state index in [-0.39, 0.29) is 11.6 Å². The van der Waals surface area contributed by atoms with Crippen molar-refractivity contribution in [3.8, 4) is 0 Å². The Morgan fingerprint density at radius 3 is 2.70 bits per heavy atom. The minimum absolute atomic E-state index is 0.0333. The normalized spacial score (nSPS) is 11.7. The van der Waals surface area contributed by atoms with Crippen LogP contribution in [0.4, 0.5) is 0 Å². The number of unbranched alkanes of at least 4 members (excludes halogenated alkanes) is 1. The average molecular weight is 301 g/mol. The molecule has 0 saturated carbocycles. The molecule has 0 unspecified atom stereocenters. The van der Waals surface area contributed by atoms with Gasteiger partial charge in [0.25, 0.3) is 10.0 Å². The summed E-state index contributed by atoms with van der Waals surface area (Å²) < 4.78 is 31.7. The highest BCUT2D eigenvalue weighted by Crippen LogP contribution is 2.06. The van der Waals surface area contributed by atoms with Crippen molar-refractivity contribution in [1.82, 2.24) is 15.0 Å². The highest BCUT2D eigenvalue weighted by molar-refractivity contribution is 7.89. The van der Waals surface area contributed by atoms with Gasteiger partial charge in [0.1, 0.15) is 0 Å². The van der Waals surface area contributed by atoms with E-state index in [1.165, 1.54) is 6.07 Å². The molecule has 1 aromatic heterocycles. The third-order valence-electron chi connectivity index (χ3n) is 2.63. The topological polar surface area (TPSA) is 80.3 Å². The number of hydrogen-bond donors (Lipinski definition) is 2. The maximum absolute atomic E-state index is 11.9. The van der Waals surface area contributed by atoms with E-state index in [9.17, 15) is 8.42 Å². The van der Waals surface area contributed by atoms with Crippen LogP contribution in [-0.4, -0.2) is 40.2 Å². The predicted molar refractivity (Wildman–Crippen MR) is 77.9 cm³/mol. The molecule has 0 aliphatic carbocycles. The van der Waals surface area contributed by atoms with E-state index >= 15 is 0 Å². The average Bonchev–Trinajstić information content (AvgIpc) is 2.44. The summed E-state index contributed by atoms with van der Waals surface area (Å²) in [4.78, 5) is 3.97. The van der Waals surface area contributed by atoms with Gasteiger partial charge in [0.15, 0.2) is 5.03 Å². The molecular weight excluding hydrogens is 278 g/mol. The fraction of sp³-hybridized carbons (Fsp3) is 0.615. The van der Waals surface area contributed by atoms with Gasteiger partial charge in [-0.1, -0.05) is 19.4 Å². The van der Waals surface area contributed by atoms with E-state index in [2.05, 4.69) is 21.9 Å². The fourth-order valence-electron chi connectivity index (χ4n) is 1.55. The second-order valence-electron chi connectivity index (χ2n) is 4.40. The number of sulfonamides is 1. The molecule has 1 heterocycles. The van der Waals surface area contributed by atoms with Crippen LogP contribution in [0.5, 0.6) is 0 Å². The first-order chi connectivity index (χ1) is 9.60. The van der Waals surface area contributed by atoms with E-state index in [1.54, 1.807) is 12.3 Å². The lowest BCUT2D eigenvalue weighted by Gasteiger charge is -2.07. The Labute approximate surface area is 121 Å². The van der Waals surface area contributed by atoms with E-state index < -0.39 is 10.0 Å². The van der Waals surface area contributed by atoms with Crippen molar-refractivity contribution in [2.75, 3.05) is 26.8 Å². The van der Waals surface area contributed by atoms with Crippen LogP contribution in [0.15, 0.2) is 23.4 Å². The molecule has 6 nitrogen and oxygen atoms in total. The van der Waals surface area contributed by atoms with E-state index in [0.717, 1.165) is 18.4 Å². The van der Waals surface area contributed by atoms with Gasteiger partial charge in [-0.2, -0.15) is 0 Å². The van der Waals surface area contributed by atoms with Gasteiger partial charge in [-0.05, 0) is 25.1 Å². The lowest BCUT2D eigenvalue weighted by Crippen LogP contribution is -2.28. The number of rotatable bonds is 10. The monoisotopic (exact) mass is 301 g/mol. The van der Waals surface area contributed by atoms with Crippen LogP contribution in [-0.2, 0) is 21.3 Å². The third-order valence-corrected chi connectivity index (χ3v) is 4.01. The second-order valence-corrected chi connectivity index (χ2v) is 6.11. The molecule has 0 bridgehead atoms. The minimum atomic E-state index is -3.55. The van der Waals surface area contributed by atoms with Crippen LogP contribution in [0.2, 0.25) is 0 Å². The molecule has 0 atom stereocenters. The van der Waals surface area contributed by atoms with Gasteiger partial charge in [-0.3, -0.25) is 0 Å². The van der Waals surface area contributed by atoms with E-state index in [0.29, 0.717) is 19.8 Å². The minimum Gasteiger partial charge on any atom is -0.380 e. The van der Waals surface area contributed by atoms with Crippen molar-refractivity contribution in [2.45, 2.75) is 31.3 Å². The van der Waals surface area contributed by atoms with Crippen LogP contribution < -0.4 is 10.0 Å². The molecule has 114 valence electrons. The summed E-state index contributed by atoms with van der Waals surface area (Å²) in [6, 6.07) is 3.25. The molecule has 0 radical (unpaired) electrons. The van der Waals surface area contributed by atoms with Gasteiger partial charge in [0.2, 0.25) is 0 Å². The zero-order valence-corrected chi connectivity index (χ0v) is 12.9. The van der Waals surface area contributed by atoms with Gasteiger partial charge in [0, 0.05) is 25.9 Å². The predicted octanol–water partition coefficient (Wildman–Crippen LogP) is 0.896. The summed E-state index contributed by atoms with van der Waals surface area (Å²) in [5.41, 5.74) is 0.939. The molecule has 0 aliphatic heterocycles. The maximum atomic E-state index is 11.9. The van der Waals surface area contributed by atoms with Crippen LogP contribution in [0, 0.1) is 0 Å². The molecule has 0 fully saturated rings. The molecule has 1 aromatic rings. The highest BCUT2D eigenvalue weighted by Gasteiger charge is 2.14. The molecule has 0 aromatic carbocycles. The first kappa shape index (κ1) is 17.0. The zero-order chi connectivity index (χ0) is 14.8. The van der Waals surface area contributed by atoms with Crippen molar-refractivity contribution < 1.29 is 13.2 Å². The smallest absolute Gasteiger partial charge is 0.258 e. The lowest BCUT2D eigenvalue weighted by molar-refractivity contribution is 0.136. The quantitative estimate of drug-likeness (QED) is 0.628. The number of aromatic nitrogens is 1. The largest absolute Gasteiger partial charge is 0.380 e. The summed E-state index contributed by atoms with van der Waals surface area (Å²) in [6.45, 7) is 4.03. The first-order valence-electron chi connectivity index (χ1n) is 6.77. The SMILES string of the molecule is CCCCOCCNS(=O)(=O)c1ccc(CNC)cn1. The number of nitrogens with one attached hydrogen (secondary N) is 2. The Morgan fingerprint density at radius 2 is 2.10 bits per heavy atom. The summed E-state index contributed by atoms with van der Waals surface area (Å²) in [6.07, 6.45) is 3.61. The van der Waals surface area contributed by atoms with Gasteiger partial charge < -0.3 is 10.1 Å². The Balaban J connectivity index is 2.43. The van der Waals surface area contributed by atoms with Crippen molar-refractivity contribution in [3.63, 3.8) is 0 Å². The standard InChI is InChI=1S/C13H23N3O3S/c1-3-4-8-19-9-7-16-20(17,18)13-6-5-12(10-14-2)11-15-13/h5-6,11,14,16H,3-4,7-10H2,1-2H3. The fourth-order valence-corrected chi connectivity index (χ4v) is 2.49. The Bertz CT molecular complexity index is 474. The lowest BCUT2D eigenvalue weighted by atomic mass is 10.3. The number of pyridine rings is 1.